The van der Waals surface area contributed by atoms with E-state index in [1.807, 2.05) is 24.3 Å². The number of para-hydroxylation sites is 1. The van der Waals surface area contributed by atoms with Crippen molar-refractivity contribution in [2.24, 2.45) is 4.99 Å². The summed E-state index contributed by atoms with van der Waals surface area (Å²) in [6, 6.07) is 14.1. The Morgan fingerprint density at radius 3 is 2.70 bits per heavy atom. The number of halogens is 1. The lowest BCUT2D eigenvalue weighted by Gasteiger charge is -2.20. The van der Waals surface area contributed by atoms with Crippen molar-refractivity contribution in [3.05, 3.63) is 59.2 Å². The minimum absolute atomic E-state index is 0. The summed E-state index contributed by atoms with van der Waals surface area (Å²) in [5, 5.41) is 6.39. The summed E-state index contributed by atoms with van der Waals surface area (Å²) in [4.78, 5) is 5.43. The molecule has 0 atom stereocenters. The highest BCUT2D eigenvalue weighted by molar-refractivity contribution is 14.0. The Labute approximate surface area is 201 Å². The molecule has 1 aliphatic heterocycles. The van der Waals surface area contributed by atoms with E-state index in [0.29, 0.717) is 25.6 Å². The maximum atomic E-state index is 12.8. The topological polar surface area (TPSA) is 73.8 Å². The fourth-order valence-corrected chi connectivity index (χ4v) is 5.54. The van der Waals surface area contributed by atoms with Crippen LogP contribution >= 0.6 is 35.7 Å². The molecule has 0 fully saturated rings. The number of aliphatic imine (C=N–C) groups is 1. The summed E-state index contributed by atoms with van der Waals surface area (Å²) in [5.41, 5.74) is 4.31. The van der Waals surface area contributed by atoms with Crippen molar-refractivity contribution in [1.29, 1.82) is 0 Å². The molecule has 0 saturated heterocycles. The summed E-state index contributed by atoms with van der Waals surface area (Å²) in [5.74, 6) is 0.609. The Bertz CT molecular complexity index is 996. The highest BCUT2D eigenvalue weighted by Crippen LogP contribution is 2.29. The van der Waals surface area contributed by atoms with Crippen LogP contribution in [-0.4, -0.2) is 46.5 Å². The molecule has 2 aromatic rings. The van der Waals surface area contributed by atoms with Gasteiger partial charge in [-0.05, 0) is 48.4 Å². The molecule has 9 heteroatoms. The van der Waals surface area contributed by atoms with Gasteiger partial charge in [-0.25, -0.2) is 8.42 Å². The van der Waals surface area contributed by atoms with Crippen LogP contribution < -0.4 is 14.9 Å². The van der Waals surface area contributed by atoms with E-state index in [1.54, 1.807) is 18.8 Å². The second-order valence-electron chi connectivity index (χ2n) is 6.93. The fourth-order valence-electron chi connectivity index (χ4n) is 3.40. The third-order valence-electron chi connectivity index (χ3n) is 4.95. The lowest BCUT2D eigenvalue weighted by Crippen LogP contribution is -2.41. The largest absolute Gasteiger partial charge is 0.355 e. The van der Waals surface area contributed by atoms with Gasteiger partial charge < -0.3 is 10.6 Å². The molecule has 6 nitrogen and oxygen atoms in total. The summed E-state index contributed by atoms with van der Waals surface area (Å²) >= 11 is 1.71. The highest BCUT2D eigenvalue weighted by atomic mass is 127. The van der Waals surface area contributed by atoms with Gasteiger partial charge in [-0.2, -0.15) is 0 Å². The lowest BCUT2D eigenvalue weighted by molar-refractivity contribution is 0.590. The molecule has 0 unspecified atom stereocenters. The maximum Gasteiger partial charge on any atom is 0.236 e. The number of anilines is 1. The molecule has 0 saturated carbocycles. The Hall–Kier alpha value is -1.46. The summed E-state index contributed by atoms with van der Waals surface area (Å²) in [7, 11) is -1.69. The van der Waals surface area contributed by atoms with Crippen molar-refractivity contribution in [1.82, 2.24) is 10.6 Å². The number of hydrogen-bond donors (Lipinski definition) is 2. The van der Waals surface area contributed by atoms with E-state index < -0.39 is 10.0 Å². The Morgan fingerprint density at radius 2 is 1.97 bits per heavy atom. The van der Waals surface area contributed by atoms with Gasteiger partial charge in [-0.1, -0.05) is 30.3 Å². The SMILES string of the molecule is CN=C(NCCS(=O)(=O)N1CCc2ccccc21)NCc1ccc(C)cc1SC.I. The molecule has 0 aliphatic carbocycles. The van der Waals surface area contributed by atoms with E-state index >= 15 is 0 Å². The Morgan fingerprint density at radius 1 is 1.20 bits per heavy atom. The molecule has 1 aliphatic rings. The van der Waals surface area contributed by atoms with Crippen LogP contribution in [-0.2, 0) is 23.0 Å². The summed E-state index contributed by atoms with van der Waals surface area (Å²) in [6.07, 6.45) is 2.83. The van der Waals surface area contributed by atoms with Crippen LogP contribution in [0.5, 0.6) is 0 Å². The highest BCUT2D eigenvalue weighted by Gasteiger charge is 2.28. The van der Waals surface area contributed by atoms with Gasteiger partial charge in [-0.15, -0.1) is 35.7 Å². The third-order valence-corrected chi connectivity index (χ3v) is 7.54. The monoisotopic (exact) mass is 560 g/mol. The van der Waals surface area contributed by atoms with Gasteiger partial charge in [0.25, 0.3) is 0 Å². The molecule has 30 heavy (non-hydrogen) atoms. The average Bonchev–Trinajstić information content (AvgIpc) is 3.16. The molecule has 2 N–H and O–H groups in total. The van der Waals surface area contributed by atoms with Crippen molar-refractivity contribution in [2.45, 2.75) is 24.8 Å². The minimum atomic E-state index is -3.38. The van der Waals surface area contributed by atoms with Crippen LogP contribution in [0.25, 0.3) is 0 Å². The Kier molecular flexibility index (Phi) is 9.30. The predicted octanol–water partition coefficient (Wildman–Crippen LogP) is 3.39. The fraction of sp³-hybridized carbons (Fsp3) is 0.381. The first-order valence-electron chi connectivity index (χ1n) is 9.61. The van der Waals surface area contributed by atoms with Crippen LogP contribution in [0.15, 0.2) is 52.4 Å². The van der Waals surface area contributed by atoms with Crippen LogP contribution in [0.2, 0.25) is 0 Å². The number of fused-ring (bicyclic) bond motifs is 1. The van der Waals surface area contributed by atoms with Crippen LogP contribution in [0, 0.1) is 6.92 Å². The second-order valence-corrected chi connectivity index (χ2v) is 9.80. The van der Waals surface area contributed by atoms with Gasteiger partial charge in [-0.3, -0.25) is 9.30 Å². The molecule has 1 heterocycles. The molecule has 164 valence electrons. The van der Waals surface area contributed by atoms with Gasteiger partial charge in [0.05, 0.1) is 11.4 Å². The average molecular weight is 561 g/mol. The first-order valence-corrected chi connectivity index (χ1v) is 12.4. The number of rotatable bonds is 7. The number of thioether (sulfide) groups is 1. The number of benzene rings is 2. The van der Waals surface area contributed by atoms with Gasteiger partial charge in [0.1, 0.15) is 0 Å². The maximum absolute atomic E-state index is 12.8. The molecule has 0 spiro atoms. The number of nitrogens with one attached hydrogen (secondary N) is 2. The molecule has 0 bridgehead atoms. The third kappa shape index (κ3) is 6.04. The quantitative estimate of drug-likeness (QED) is 0.235. The zero-order valence-corrected chi connectivity index (χ0v) is 21.5. The second kappa shape index (κ2) is 11.2. The number of sulfonamides is 1. The molecule has 0 radical (unpaired) electrons. The van der Waals surface area contributed by atoms with Crippen LogP contribution in [0.3, 0.4) is 0 Å². The van der Waals surface area contributed by atoms with Gasteiger partial charge in [0, 0.05) is 31.6 Å². The molecular weight excluding hydrogens is 531 g/mol. The molecule has 0 aromatic heterocycles. The van der Waals surface area contributed by atoms with E-state index in [1.165, 1.54) is 20.3 Å². The summed E-state index contributed by atoms with van der Waals surface area (Å²) < 4.78 is 27.1. The van der Waals surface area contributed by atoms with Crippen LogP contribution in [0.1, 0.15) is 16.7 Å². The zero-order chi connectivity index (χ0) is 20.9. The predicted molar refractivity (Wildman–Crippen MR) is 138 cm³/mol. The number of aryl methyl sites for hydroxylation is 1. The van der Waals surface area contributed by atoms with E-state index in [-0.39, 0.29) is 29.7 Å². The van der Waals surface area contributed by atoms with Crippen molar-refractivity contribution in [3.8, 4) is 0 Å². The van der Waals surface area contributed by atoms with Crippen molar-refractivity contribution in [2.75, 3.05) is 36.5 Å². The zero-order valence-electron chi connectivity index (χ0n) is 17.5. The van der Waals surface area contributed by atoms with E-state index in [2.05, 4.69) is 47.0 Å². The van der Waals surface area contributed by atoms with E-state index in [4.69, 9.17) is 0 Å². The standard InChI is InChI=1S/C21H28N4O2S2.HI/c1-16-8-9-18(20(14-16)28-3)15-24-21(22-2)23-11-13-29(26,27)25-12-10-17-6-4-5-7-19(17)25;/h4-9,14H,10-13,15H2,1-3H3,(H2,22,23,24);1H. The molecule has 0 amide bonds. The normalized spacial score (nSPS) is 13.6. The van der Waals surface area contributed by atoms with E-state index in [9.17, 15) is 8.42 Å². The first-order chi connectivity index (χ1) is 13.9. The smallest absolute Gasteiger partial charge is 0.236 e. The van der Waals surface area contributed by atoms with E-state index in [0.717, 1.165) is 17.7 Å². The summed E-state index contributed by atoms with van der Waals surface area (Å²) in [6.45, 7) is 3.52. The lowest BCUT2D eigenvalue weighted by atomic mass is 10.1. The van der Waals surface area contributed by atoms with Crippen molar-refractivity contribution >= 4 is 57.4 Å². The van der Waals surface area contributed by atoms with Gasteiger partial charge in [0.2, 0.25) is 10.0 Å². The van der Waals surface area contributed by atoms with Crippen molar-refractivity contribution < 1.29 is 8.42 Å². The molecular formula is C21H29IN4O2S2. The minimum Gasteiger partial charge on any atom is -0.355 e. The number of guanidine groups is 1. The first kappa shape index (κ1) is 24.8. The van der Waals surface area contributed by atoms with Crippen molar-refractivity contribution in [3.63, 3.8) is 0 Å². The van der Waals surface area contributed by atoms with Crippen LogP contribution in [0.4, 0.5) is 5.69 Å². The molecule has 2 aromatic carbocycles. The number of nitrogens with zero attached hydrogens (tertiary/aromatic N) is 2. The molecule has 3 rings (SSSR count). The van der Waals surface area contributed by atoms with Gasteiger partial charge >= 0.3 is 0 Å². The van der Waals surface area contributed by atoms with Gasteiger partial charge in [0.15, 0.2) is 5.96 Å². The number of hydrogen-bond acceptors (Lipinski definition) is 4. The Balaban J connectivity index is 0.00000320.